The first kappa shape index (κ1) is 19.0. The van der Waals surface area contributed by atoms with Crippen molar-refractivity contribution in [2.75, 3.05) is 7.11 Å². The van der Waals surface area contributed by atoms with Crippen LogP contribution in [0.3, 0.4) is 0 Å². The molecule has 0 aliphatic heterocycles. The molecule has 0 fully saturated rings. The summed E-state index contributed by atoms with van der Waals surface area (Å²) in [7, 11) is 1.42. The third-order valence-corrected chi connectivity index (χ3v) is 3.67. The number of hydrogen-bond acceptors (Lipinski definition) is 4. The van der Waals surface area contributed by atoms with E-state index in [1.807, 2.05) is 75.4 Å². The van der Waals surface area contributed by atoms with Crippen molar-refractivity contribution in [1.29, 1.82) is 0 Å². The molecule has 0 bridgehead atoms. The van der Waals surface area contributed by atoms with Crippen molar-refractivity contribution in [3.8, 4) is 5.75 Å². The highest BCUT2D eigenvalue weighted by atomic mass is 16.5. The smallest absolute Gasteiger partial charge is 0.323 e. The van der Waals surface area contributed by atoms with E-state index in [2.05, 4.69) is 5.32 Å². The van der Waals surface area contributed by atoms with Crippen LogP contribution in [0.15, 0.2) is 54.6 Å². The van der Waals surface area contributed by atoms with Crippen LogP contribution in [0.1, 0.15) is 31.9 Å². The second-order valence-corrected chi connectivity index (χ2v) is 7.00. The van der Waals surface area contributed by atoms with Gasteiger partial charge in [-0.2, -0.15) is 0 Å². The Morgan fingerprint density at radius 2 is 1.64 bits per heavy atom. The zero-order chi connectivity index (χ0) is 18.3. The largest absolute Gasteiger partial charge is 0.488 e. The van der Waals surface area contributed by atoms with E-state index >= 15 is 0 Å². The van der Waals surface area contributed by atoms with Gasteiger partial charge in [-0.3, -0.25) is 4.79 Å². The van der Waals surface area contributed by atoms with Gasteiger partial charge in [-0.05, 0) is 50.5 Å². The Hall–Kier alpha value is -2.33. The van der Waals surface area contributed by atoms with Crippen LogP contribution in [0.2, 0.25) is 0 Å². The van der Waals surface area contributed by atoms with Crippen molar-refractivity contribution in [3.63, 3.8) is 0 Å². The maximum Gasteiger partial charge on any atom is 0.323 e. The molecule has 0 aliphatic rings. The van der Waals surface area contributed by atoms with E-state index in [1.54, 1.807) is 0 Å². The fraction of sp³-hybridized carbons (Fsp3) is 0.381. The molecule has 0 aromatic heterocycles. The highest BCUT2D eigenvalue weighted by Crippen LogP contribution is 2.19. The Kier molecular flexibility index (Phi) is 6.59. The molecule has 0 aliphatic carbocycles. The lowest BCUT2D eigenvalue weighted by Gasteiger charge is -2.21. The van der Waals surface area contributed by atoms with Crippen molar-refractivity contribution in [2.45, 2.75) is 45.4 Å². The molecule has 2 aromatic carbocycles. The number of benzene rings is 2. The quantitative estimate of drug-likeness (QED) is 0.780. The van der Waals surface area contributed by atoms with Crippen LogP contribution in [-0.4, -0.2) is 24.7 Å². The van der Waals surface area contributed by atoms with Gasteiger partial charge < -0.3 is 14.8 Å². The minimum absolute atomic E-state index is 0.229. The summed E-state index contributed by atoms with van der Waals surface area (Å²) in [5, 5.41) is 3.28. The zero-order valence-electron chi connectivity index (χ0n) is 15.4. The van der Waals surface area contributed by atoms with Crippen molar-refractivity contribution in [3.05, 3.63) is 65.7 Å². The third-order valence-electron chi connectivity index (χ3n) is 3.67. The van der Waals surface area contributed by atoms with Gasteiger partial charge in [0.2, 0.25) is 0 Å². The van der Waals surface area contributed by atoms with Crippen LogP contribution in [0.4, 0.5) is 0 Å². The first-order valence-electron chi connectivity index (χ1n) is 8.50. The lowest BCUT2D eigenvalue weighted by atomic mass is 10.1. The molecule has 4 nitrogen and oxygen atoms in total. The number of ether oxygens (including phenoxy) is 2. The van der Waals surface area contributed by atoms with Crippen LogP contribution >= 0.6 is 0 Å². The highest BCUT2D eigenvalue weighted by Gasteiger charge is 2.19. The van der Waals surface area contributed by atoms with Crippen LogP contribution < -0.4 is 10.1 Å². The Balaban J connectivity index is 2.00. The van der Waals surface area contributed by atoms with Crippen LogP contribution in [0.5, 0.6) is 5.75 Å². The van der Waals surface area contributed by atoms with Crippen molar-refractivity contribution in [1.82, 2.24) is 5.32 Å². The van der Waals surface area contributed by atoms with E-state index in [-0.39, 0.29) is 17.6 Å². The van der Waals surface area contributed by atoms with Crippen molar-refractivity contribution < 1.29 is 14.3 Å². The van der Waals surface area contributed by atoms with E-state index in [9.17, 15) is 4.79 Å². The van der Waals surface area contributed by atoms with Crippen LogP contribution in [0, 0.1) is 0 Å². The number of carbonyl (C=O) groups is 1. The molecular formula is C21H27NO3. The molecule has 4 heteroatoms. The summed E-state index contributed by atoms with van der Waals surface area (Å²) in [5.41, 5.74) is 1.95. The summed E-state index contributed by atoms with van der Waals surface area (Å²) in [6.45, 7) is 6.66. The van der Waals surface area contributed by atoms with Gasteiger partial charge >= 0.3 is 5.97 Å². The standard InChI is InChI=1S/C21H27NO3/c1-21(2,3)25-18-12-10-16(11-13-18)14-19(20(23)24-4)22-15-17-8-6-5-7-9-17/h5-13,19,22H,14-15H2,1-4H3. The number of rotatable bonds is 7. The van der Waals surface area contributed by atoms with Gasteiger partial charge in [0.1, 0.15) is 17.4 Å². The summed E-state index contributed by atoms with van der Waals surface area (Å²) in [6.07, 6.45) is 0.565. The minimum atomic E-state index is -0.389. The number of carbonyl (C=O) groups excluding carboxylic acids is 1. The maximum absolute atomic E-state index is 12.1. The lowest BCUT2D eigenvalue weighted by Crippen LogP contribution is -2.39. The summed E-state index contributed by atoms with van der Waals surface area (Å²) < 4.78 is 10.8. The summed E-state index contributed by atoms with van der Waals surface area (Å²) in [6, 6.07) is 17.5. The van der Waals surface area contributed by atoms with E-state index in [0.29, 0.717) is 13.0 Å². The number of hydrogen-bond donors (Lipinski definition) is 1. The van der Waals surface area contributed by atoms with Gasteiger partial charge in [0.05, 0.1) is 7.11 Å². The topological polar surface area (TPSA) is 47.6 Å². The molecule has 25 heavy (non-hydrogen) atoms. The molecule has 0 radical (unpaired) electrons. The average molecular weight is 341 g/mol. The second-order valence-electron chi connectivity index (χ2n) is 7.00. The van der Waals surface area contributed by atoms with Gasteiger partial charge in [-0.25, -0.2) is 0 Å². The SMILES string of the molecule is COC(=O)C(Cc1ccc(OC(C)(C)C)cc1)NCc1ccccc1. The molecule has 0 heterocycles. The average Bonchev–Trinajstić information content (AvgIpc) is 2.59. The minimum Gasteiger partial charge on any atom is -0.488 e. The van der Waals surface area contributed by atoms with E-state index in [0.717, 1.165) is 16.9 Å². The van der Waals surface area contributed by atoms with E-state index in [1.165, 1.54) is 7.11 Å². The third kappa shape index (κ3) is 6.59. The highest BCUT2D eigenvalue weighted by molar-refractivity contribution is 5.76. The number of methoxy groups -OCH3 is 1. The van der Waals surface area contributed by atoms with Gasteiger partial charge in [-0.1, -0.05) is 42.5 Å². The molecule has 0 saturated carbocycles. The molecule has 0 amide bonds. The predicted molar refractivity (Wildman–Crippen MR) is 99.6 cm³/mol. The van der Waals surface area contributed by atoms with E-state index in [4.69, 9.17) is 9.47 Å². The normalized spacial score (nSPS) is 12.5. The second kappa shape index (κ2) is 8.67. The molecule has 0 spiro atoms. The van der Waals surface area contributed by atoms with Crippen LogP contribution in [-0.2, 0) is 22.5 Å². The fourth-order valence-electron chi connectivity index (χ4n) is 2.50. The number of nitrogens with one attached hydrogen (secondary N) is 1. The summed E-state index contributed by atoms with van der Waals surface area (Å²) in [4.78, 5) is 12.1. The molecule has 134 valence electrons. The summed E-state index contributed by atoms with van der Waals surface area (Å²) >= 11 is 0. The fourth-order valence-corrected chi connectivity index (χ4v) is 2.50. The van der Waals surface area contributed by atoms with Gasteiger partial charge in [0.25, 0.3) is 0 Å². The van der Waals surface area contributed by atoms with Crippen LogP contribution in [0.25, 0.3) is 0 Å². The van der Waals surface area contributed by atoms with Gasteiger partial charge in [0, 0.05) is 6.54 Å². The summed E-state index contributed by atoms with van der Waals surface area (Å²) in [5.74, 6) is 0.564. The molecule has 2 rings (SSSR count). The molecule has 2 aromatic rings. The molecular weight excluding hydrogens is 314 g/mol. The van der Waals surface area contributed by atoms with Gasteiger partial charge in [-0.15, -0.1) is 0 Å². The first-order chi connectivity index (χ1) is 11.9. The Morgan fingerprint density at radius 3 is 2.20 bits per heavy atom. The Morgan fingerprint density at radius 1 is 1.00 bits per heavy atom. The first-order valence-corrected chi connectivity index (χ1v) is 8.50. The number of esters is 1. The van der Waals surface area contributed by atoms with Crippen molar-refractivity contribution in [2.24, 2.45) is 0 Å². The molecule has 1 unspecified atom stereocenters. The Labute approximate surface area is 150 Å². The van der Waals surface area contributed by atoms with E-state index < -0.39 is 0 Å². The monoisotopic (exact) mass is 341 g/mol. The molecule has 1 atom stereocenters. The Bertz CT molecular complexity index is 660. The zero-order valence-corrected chi connectivity index (χ0v) is 15.4. The van der Waals surface area contributed by atoms with Crippen molar-refractivity contribution >= 4 is 5.97 Å². The molecule has 1 N–H and O–H groups in total. The predicted octanol–water partition coefficient (Wildman–Crippen LogP) is 3.74. The lowest BCUT2D eigenvalue weighted by molar-refractivity contribution is -0.143. The van der Waals surface area contributed by atoms with Gasteiger partial charge in [0.15, 0.2) is 0 Å². The maximum atomic E-state index is 12.1. The molecule has 0 saturated heterocycles.